The van der Waals surface area contributed by atoms with Gasteiger partial charge in [0.15, 0.2) is 0 Å². The van der Waals surface area contributed by atoms with Gasteiger partial charge in [-0.2, -0.15) is 0 Å². The van der Waals surface area contributed by atoms with E-state index in [1.807, 2.05) is 24.3 Å². The summed E-state index contributed by atoms with van der Waals surface area (Å²) in [5.41, 5.74) is 2.58. The Balaban J connectivity index is 1.32. The first-order valence-corrected chi connectivity index (χ1v) is 10.0. The van der Waals surface area contributed by atoms with Crippen LogP contribution in [0.1, 0.15) is 44.1 Å². The van der Waals surface area contributed by atoms with E-state index in [1.54, 1.807) is 7.11 Å². The third-order valence-electron chi connectivity index (χ3n) is 5.44. The number of nitrogens with one attached hydrogen (secondary N) is 2. The molecule has 146 valence electrons. The highest BCUT2D eigenvalue weighted by Gasteiger charge is 2.47. The highest BCUT2D eigenvalue weighted by atomic mass is 16.5. The van der Waals surface area contributed by atoms with Crippen LogP contribution in [0.5, 0.6) is 5.75 Å². The second-order valence-electron chi connectivity index (χ2n) is 7.49. The monoisotopic (exact) mass is 370 g/mol. The van der Waals surface area contributed by atoms with Gasteiger partial charge in [0.1, 0.15) is 5.75 Å². The van der Waals surface area contributed by atoms with Crippen LogP contribution in [-0.2, 0) is 16.0 Å². The number of ether oxygens (including phenoxy) is 1. The van der Waals surface area contributed by atoms with Crippen LogP contribution in [0.25, 0.3) is 0 Å². The van der Waals surface area contributed by atoms with Crippen LogP contribution < -0.4 is 15.4 Å². The summed E-state index contributed by atoms with van der Waals surface area (Å²) in [7, 11) is 1.64. The third-order valence-corrected chi connectivity index (χ3v) is 5.44. The Kier molecular flexibility index (Phi) is 6.91. The SMILES string of the molecule is COc1cccc(CCNC(=O)C2CC2C(=O)NCCC2=CCCCC2)c1. The lowest BCUT2D eigenvalue weighted by atomic mass is 9.97. The quantitative estimate of drug-likeness (QED) is 0.657. The molecule has 1 aromatic rings. The van der Waals surface area contributed by atoms with Crippen LogP contribution in [0.2, 0.25) is 0 Å². The molecule has 2 amide bonds. The van der Waals surface area contributed by atoms with Gasteiger partial charge in [0.05, 0.1) is 18.9 Å². The number of amides is 2. The van der Waals surface area contributed by atoms with E-state index in [-0.39, 0.29) is 23.7 Å². The lowest BCUT2D eigenvalue weighted by molar-refractivity contribution is -0.127. The average molecular weight is 370 g/mol. The Morgan fingerprint density at radius 2 is 1.81 bits per heavy atom. The van der Waals surface area contributed by atoms with Gasteiger partial charge in [0, 0.05) is 13.1 Å². The summed E-state index contributed by atoms with van der Waals surface area (Å²) >= 11 is 0. The molecule has 0 bridgehead atoms. The lowest BCUT2D eigenvalue weighted by Crippen LogP contribution is -2.31. The average Bonchev–Trinajstić information content (AvgIpc) is 3.50. The number of carbonyl (C=O) groups is 2. The van der Waals surface area contributed by atoms with E-state index in [1.165, 1.54) is 24.8 Å². The maximum Gasteiger partial charge on any atom is 0.223 e. The van der Waals surface area contributed by atoms with Crippen LogP contribution in [0.4, 0.5) is 0 Å². The summed E-state index contributed by atoms with van der Waals surface area (Å²) in [6, 6.07) is 7.84. The number of hydrogen-bond donors (Lipinski definition) is 2. The zero-order valence-corrected chi connectivity index (χ0v) is 16.1. The Labute approximate surface area is 161 Å². The lowest BCUT2D eigenvalue weighted by Gasteiger charge is -2.13. The summed E-state index contributed by atoms with van der Waals surface area (Å²) in [5.74, 6) is 0.528. The van der Waals surface area contributed by atoms with Crippen molar-refractivity contribution in [2.24, 2.45) is 11.8 Å². The topological polar surface area (TPSA) is 67.4 Å². The molecule has 3 rings (SSSR count). The Bertz CT molecular complexity index is 699. The molecule has 0 aliphatic heterocycles. The Hall–Kier alpha value is -2.30. The second-order valence-corrected chi connectivity index (χ2v) is 7.49. The first-order valence-electron chi connectivity index (χ1n) is 10.0. The number of hydrogen-bond acceptors (Lipinski definition) is 3. The van der Waals surface area contributed by atoms with E-state index in [9.17, 15) is 9.59 Å². The smallest absolute Gasteiger partial charge is 0.223 e. The Morgan fingerprint density at radius 3 is 2.48 bits per heavy atom. The van der Waals surface area contributed by atoms with Gasteiger partial charge in [0.2, 0.25) is 11.8 Å². The van der Waals surface area contributed by atoms with Gasteiger partial charge in [-0.05, 0) is 62.6 Å². The van der Waals surface area contributed by atoms with Crippen LogP contribution >= 0.6 is 0 Å². The fourth-order valence-corrected chi connectivity index (χ4v) is 3.67. The third kappa shape index (κ3) is 5.84. The molecule has 2 unspecified atom stereocenters. The second kappa shape index (κ2) is 9.58. The van der Waals surface area contributed by atoms with Crippen LogP contribution in [0, 0.1) is 11.8 Å². The molecule has 5 nitrogen and oxygen atoms in total. The molecule has 1 aromatic carbocycles. The number of allylic oxidation sites excluding steroid dienone is 1. The van der Waals surface area contributed by atoms with Gasteiger partial charge >= 0.3 is 0 Å². The summed E-state index contributed by atoms with van der Waals surface area (Å²) in [6.45, 7) is 1.26. The molecule has 5 heteroatoms. The molecular formula is C22H30N2O3. The van der Waals surface area contributed by atoms with Gasteiger partial charge in [-0.1, -0.05) is 23.8 Å². The largest absolute Gasteiger partial charge is 0.497 e. The minimum Gasteiger partial charge on any atom is -0.497 e. The molecule has 1 saturated carbocycles. The highest BCUT2D eigenvalue weighted by Crippen LogP contribution is 2.38. The predicted octanol–water partition coefficient (Wildman–Crippen LogP) is 3.00. The van der Waals surface area contributed by atoms with E-state index < -0.39 is 0 Å². The van der Waals surface area contributed by atoms with Gasteiger partial charge in [-0.25, -0.2) is 0 Å². The maximum atomic E-state index is 12.2. The minimum absolute atomic E-state index is 0.00645. The number of methoxy groups -OCH3 is 1. The standard InChI is InChI=1S/C22H30N2O3/c1-27-18-9-5-8-17(14-18)11-13-24-22(26)20-15-19(20)21(25)23-12-10-16-6-3-2-4-7-16/h5-6,8-9,14,19-20H,2-4,7,10-13,15H2,1H3,(H,23,25)(H,24,26). The summed E-state index contributed by atoms with van der Waals surface area (Å²) < 4.78 is 5.21. The molecule has 0 aromatic heterocycles. The molecular weight excluding hydrogens is 340 g/mol. The minimum atomic E-state index is -0.163. The molecule has 0 radical (unpaired) electrons. The van der Waals surface area contributed by atoms with Crippen molar-refractivity contribution < 1.29 is 14.3 Å². The van der Waals surface area contributed by atoms with Crippen molar-refractivity contribution >= 4 is 11.8 Å². The van der Waals surface area contributed by atoms with Crippen molar-refractivity contribution in [3.05, 3.63) is 41.5 Å². The van der Waals surface area contributed by atoms with E-state index in [0.717, 1.165) is 30.6 Å². The van der Waals surface area contributed by atoms with E-state index >= 15 is 0 Å². The van der Waals surface area contributed by atoms with E-state index in [0.29, 0.717) is 19.5 Å². The number of rotatable bonds is 9. The molecule has 0 saturated heterocycles. The first-order chi connectivity index (χ1) is 13.2. The summed E-state index contributed by atoms with van der Waals surface area (Å²) in [4.78, 5) is 24.4. The first kappa shape index (κ1) is 19.5. The van der Waals surface area contributed by atoms with Crippen molar-refractivity contribution in [3.8, 4) is 5.75 Å². The van der Waals surface area contributed by atoms with Crippen molar-refractivity contribution in [1.82, 2.24) is 10.6 Å². The predicted molar refractivity (Wildman–Crippen MR) is 105 cm³/mol. The maximum absolute atomic E-state index is 12.2. The zero-order valence-electron chi connectivity index (χ0n) is 16.1. The molecule has 2 N–H and O–H groups in total. The normalized spacial score (nSPS) is 21.1. The molecule has 2 atom stereocenters. The van der Waals surface area contributed by atoms with Crippen molar-refractivity contribution in [3.63, 3.8) is 0 Å². The number of benzene rings is 1. The highest BCUT2D eigenvalue weighted by molar-refractivity contribution is 5.92. The summed E-state index contributed by atoms with van der Waals surface area (Å²) in [5, 5.41) is 5.95. The van der Waals surface area contributed by atoms with Crippen LogP contribution in [0.15, 0.2) is 35.9 Å². The zero-order chi connectivity index (χ0) is 19.1. The molecule has 0 heterocycles. The van der Waals surface area contributed by atoms with E-state index in [4.69, 9.17) is 4.74 Å². The van der Waals surface area contributed by atoms with Crippen molar-refractivity contribution in [2.45, 2.75) is 44.9 Å². The van der Waals surface area contributed by atoms with Crippen molar-refractivity contribution in [2.75, 3.05) is 20.2 Å². The molecule has 2 aliphatic rings. The Morgan fingerprint density at radius 1 is 1.07 bits per heavy atom. The van der Waals surface area contributed by atoms with Gasteiger partial charge in [0.25, 0.3) is 0 Å². The number of carbonyl (C=O) groups excluding carboxylic acids is 2. The molecule has 1 fully saturated rings. The van der Waals surface area contributed by atoms with E-state index in [2.05, 4.69) is 16.7 Å². The van der Waals surface area contributed by atoms with Crippen LogP contribution in [-0.4, -0.2) is 32.0 Å². The fourth-order valence-electron chi connectivity index (χ4n) is 3.67. The molecule has 0 spiro atoms. The molecule has 2 aliphatic carbocycles. The van der Waals surface area contributed by atoms with Gasteiger partial charge < -0.3 is 15.4 Å². The molecule has 27 heavy (non-hydrogen) atoms. The summed E-state index contributed by atoms with van der Waals surface area (Å²) in [6.07, 6.45) is 9.55. The van der Waals surface area contributed by atoms with Gasteiger partial charge in [-0.15, -0.1) is 0 Å². The van der Waals surface area contributed by atoms with Crippen LogP contribution in [0.3, 0.4) is 0 Å². The van der Waals surface area contributed by atoms with Crippen molar-refractivity contribution in [1.29, 1.82) is 0 Å². The fraction of sp³-hybridized carbons (Fsp3) is 0.545. The van der Waals surface area contributed by atoms with Gasteiger partial charge in [-0.3, -0.25) is 9.59 Å².